The summed E-state index contributed by atoms with van der Waals surface area (Å²) in [5.74, 6) is 5.01. The highest BCUT2D eigenvalue weighted by atomic mass is 79.9. The maximum absolute atomic E-state index is 5.01. The van der Waals surface area contributed by atoms with Crippen LogP contribution in [0.3, 0.4) is 0 Å². The molecule has 0 saturated carbocycles. The van der Waals surface area contributed by atoms with Crippen LogP contribution in [0.15, 0.2) is 27.8 Å². The minimum absolute atomic E-state index is 1.02. The Hall–Kier alpha value is -0.830. The van der Waals surface area contributed by atoms with Gasteiger partial charge >= 0.3 is 0 Å². The highest BCUT2D eigenvalue weighted by Gasteiger charge is 1.93. The zero-order valence-corrected chi connectivity index (χ0v) is 7.80. The third-order valence-corrected chi connectivity index (χ3v) is 2.30. The second-order valence-electron chi connectivity index (χ2n) is 2.29. The lowest BCUT2D eigenvalue weighted by molar-refractivity contribution is 1.26. The summed E-state index contributed by atoms with van der Waals surface area (Å²) in [5, 5.41) is 3.44. The minimum atomic E-state index is 1.02. The molecular weight excluding hydrogens is 204 g/mol. The fraction of sp³-hybridized carbons (Fsp3) is 0.125. The molecule has 0 amide bonds. The van der Waals surface area contributed by atoms with E-state index in [0.717, 1.165) is 10.0 Å². The van der Waals surface area contributed by atoms with E-state index in [1.807, 2.05) is 25.1 Å². The molecule has 0 aliphatic rings. The van der Waals surface area contributed by atoms with Gasteiger partial charge in [0.2, 0.25) is 0 Å². The maximum atomic E-state index is 5.01. The predicted octanol–water partition coefficient (Wildman–Crippen LogP) is 2.05. The lowest BCUT2D eigenvalue weighted by Gasteiger charge is -1.97. The molecule has 0 aliphatic carbocycles. The summed E-state index contributed by atoms with van der Waals surface area (Å²) in [4.78, 5) is 0. The van der Waals surface area contributed by atoms with Gasteiger partial charge in [0, 0.05) is 4.47 Å². The maximum Gasteiger partial charge on any atom is 0.0538 e. The highest BCUT2D eigenvalue weighted by molar-refractivity contribution is 9.10. The van der Waals surface area contributed by atoms with Crippen LogP contribution in [-0.4, -0.2) is 6.21 Å². The average Bonchev–Trinajstić information content (AvgIpc) is 1.98. The van der Waals surface area contributed by atoms with E-state index in [0.29, 0.717) is 0 Å². The number of aryl methyl sites for hydroxylation is 1. The lowest BCUT2D eigenvalue weighted by Crippen LogP contribution is -1.87. The second-order valence-corrected chi connectivity index (χ2v) is 3.14. The molecule has 0 aliphatic heterocycles. The van der Waals surface area contributed by atoms with Gasteiger partial charge in [-0.05, 0) is 30.2 Å². The Kier molecular flexibility index (Phi) is 2.65. The molecule has 1 aromatic rings. The lowest BCUT2D eigenvalue weighted by atomic mass is 10.2. The van der Waals surface area contributed by atoms with Crippen LogP contribution < -0.4 is 5.84 Å². The van der Waals surface area contributed by atoms with E-state index < -0.39 is 0 Å². The molecule has 2 N–H and O–H groups in total. The van der Waals surface area contributed by atoms with E-state index in [-0.39, 0.29) is 0 Å². The summed E-state index contributed by atoms with van der Waals surface area (Å²) in [5.41, 5.74) is 2.20. The quantitative estimate of drug-likeness (QED) is 0.432. The molecule has 0 heterocycles. The van der Waals surface area contributed by atoms with Crippen LogP contribution >= 0.6 is 15.9 Å². The summed E-state index contributed by atoms with van der Waals surface area (Å²) in [6.07, 6.45) is 1.62. The SMILES string of the molecule is Cc1cc(/C=N\N)ccc1Br. The summed E-state index contributed by atoms with van der Waals surface area (Å²) >= 11 is 3.40. The number of rotatable bonds is 1. The second kappa shape index (κ2) is 3.53. The molecule has 0 aromatic heterocycles. The van der Waals surface area contributed by atoms with Gasteiger partial charge in [0.1, 0.15) is 0 Å². The zero-order chi connectivity index (χ0) is 8.27. The van der Waals surface area contributed by atoms with Gasteiger partial charge in [-0.15, -0.1) is 0 Å². The van der Waals surface area contributed by atoms with Crippen molar-refractivity contribution in [1.82, 2.24) is 0 Å². The number of nitrogens with zero attached hydrogens (tertiary/aromatic N) is 1. The summed E-state index contributed by atoms with van der Waals surface area (Å²) in [6, 6.07) is 5.94. The van der Waals surface area contributed by atoms with Crippen LogP contribution in [0.2, 0.25) is 0 Å². The molecule has 0 bridgehead atoms. The van der Waals surface area contributed by atoms with Gasteiger partial charge in [0.25, 0.3) is 0 Å². The first-order chi connectivity index (χ1) is 5.24. The standard InChI is InChI=1S/C8H9BrN2/c1-6-4-7(5-11-10)2-3-8(6)9/h2-5H,10H2,1H3/b11-5-. The van der Waals surface area contributed by atoms with Gasteiger partial charge in [-0.3, -0.25) is 0 Å². The van der Waals surface area contributed by atoms with Crippen LogP contribution in [0.25, 0.3) is 0 Å². The average molecular weight is 213 g/mol. The van der Waals surface area contributed by atoms with Crippen LogP contribution in [0.1, 0.15) is 11.1 Å². The van der Waals surface area contributed by atoms with Crippen molar-refractivity contribution in [2.75, 3.05) is 0 Å². The largest absolute Gasteiger partial charge is 0.323 e. The molecule has 1 aromatic carbocycles. The summed E-state index contributed by atoms with van der Waals surface area (Å²) in [6.45, 7) is 2.03. The molecule has 0 radical (unpaired) electrons. The van der Waals surface area contributed by atoms with Crippen molar-refractivity contribution in [2.24, 2.45) is 10.9 Å². The Bertz CT molecular complexity index is 281. The zero-order valence-electron chi connectivity index (χ0n) is 6.21. The highest BCUT2D eigenvalue weighted by Crippen LogP contribution is 2.15. The van der Waals surface area contributed by atoms with Crippen molar-refractivity contribution < 1.29 is 0 Å². The number of hydrogen-bond acceptors (Lipinski definition) is 2. The first-order valence-electron chi connectivity index (χ1n) is 3.23. The summed E-state index contributed by atoms with van der Waals surface area (Å²) in [7, 11) is 0. The van der Waals surface area contributed by atoms with Crippen LogP contribution in [0.5, 0.6) is 0 Å². The Morgan fingerprint density at radius 3 is 2.82 bits per heavy atom. The van der Waals surface area contributed by atoms with E-state index in [2.05, 4.69) is 21.0 Å². The monoisotopic (exact) mass is 212 g/mol. The Morgan fingerprint density at radius 2 is 2.27 bits per heavy atom. The van der Waals surface area contributed by atoms with Crippen molar-refractivity contribution in [3.05, 3.63) is 33.8 Å². The topological polar surface area (TPSA) is 38.4 Å². The number of hydrogen-bond donors (Lipinski definition) is 1. The third-order valence-electron chi connectivity index (χ3n) is 1.41. The van der Waals surface area contributed by atoms with Crippen molar-refractivity contribution in [1.29, 1.82) is 0 Å². The molecule has 2 nitrogen and oxygen atoms in total. The summed E-state index contributed by atoms with van der Waals surface area (Å²) < 4.78 is 1.10. The Morgan fingerprint density at radius 1 is 1.55 bits per heavy atom. The predicted molar refractivity (Wildman–Crippen MR) is 50.7 cm³/mol. The minimum Gasteiger partial charge on any atom is -0.323 e. The van der Waals surface area contributed by atoms with Crippen molar-refractivity contribution in [3.8, 4) is 0 Å². The van der Waals surface area contributed by atoms with E-state index >= 15 is 0 Å². The molecular formula is C8H9BrN2. The van der Waals surface area contributed by atoms with Gasteiger partial charge < -0.3 is 5.84 Å². The molecule has 0 atom stereocenters. The molecule has 0 unspecified atom stereocenters. The van der Waals surface area contributed by atoms with Gasteiger partial charge in [0.15, 0.2) is 0 Å². The van der Waals surface area contributed by atoms with Crippen LogP contribution in [0, 0.1) is 6.92 Å². The van der Waals surface area contributed by atoms with Crippen molar-refractivity contribution in [2.45, 2.75) is 6.92 Å². The normalized spacial score (nSPS) is 10.7. The number of halogens is 1. The van der Waals surface area contributed by atoms with E-state index in [9.17, 15) is 0 Å². The molecule has 3 heteroatoms. The van der Waals surface area contributed by atoms with Gasteiger partial charge in [-0.1, -0.05) is 22.0 Å². The smallest absolute Gasteiger partial charge is 0.0538 e. The fourth-order valence-electron chi connectivity index (χ4n) is 0.834. The van der Waals surface area contributed by atoms with E-state index in [4.69, 9.17) is 5.84 Å². The van der Waals surface area contributed by atoms with Crippen molar-refractivity contribution in [3.63, 3.8) is 0 Å². The van der Waals surface area contributed by atoms with Gasteiger partial charge in [-0.2, -0.15) is 5.10 Å². The molecule has 11 heavy (non-hydrogen) atoms. The molecule has 1 rings (SSSR count). The third kappa shape index (κ3) is 2.05. The first kappa shape index (κ1) is 8.27. The molecule has 0 spiro atoms. The van der Waals surface area contributed by atoms with Crippen LogP contribution in [-0.2, 0) is 0 Å². The molecule has 0 saturated heterocycles. The number of benzene rings is 1. The first-order valence-corrected chi connectivity index (χ1v) is 4.03. The number of hydrazone groups is 1. The molecule has 58 valence electrons. The molecule has 0 fully saturated rings. The fourth-order valence-corrected chi connectivity index (χ4v) is 1.08. The Labute approximate surface area is 74.2 Å². The number of nitrogens with two attached hydrogens (primary N) is 1. The van der Waals surface area contributed by atoms with Crippen molar-refractivity contribution >= 4 is 22.1 Å². The van der Waals surface area contributed by atoms with Crippen LogP contribution in [0.4, 0.5) is 0 Å². The Balaban J connectivity index is 3.05. The van der Waals surface area contributed by atoms with E-state index in [1.165, 1.54) is 5.56 Å². The van der Waals surface area contributed by atoms with Gasteiger partial charge in [0.05, 0.1) is 6.21 Å². The van der Waals surface area contributed by atoms with Gasteiger partial charge in [-0.25, -0.2) is 0 Å². The van der Waals surface area contributed by atoms with E-state index in [1.54, 1.807) is 6.21 Å².